The molecule has 0 amide bonds. The van der Waals surface area contributed by atoms with Gasteiger partial charge in [0, 0.05) is 26.2 Å². The molecule has 1 aromatic rings. The summed E-state index contributed by atoms with van der Waals surface area (Å²) < 4.78 is 26.2. The largest absolute Gasteiger partial charge is 0.310 e. The Morgan fingerprint density at radius 1 is 1.37 bits per heavy atom. The zero-order valence-electron chi connectivity index (χ0n) is 11.8. The van der Waals surface area contributed by atoms with Crippen LogP contribution in [0.4, 0.5) is 0 Å². The first-order valence-corrected chi connectivity index (χ1v) is 7.72. The van der Waals surface area contributed by atoms with Crippen LogP contribution in [0.25, 0.3) is 0 Å². The highest BCUT2D eigenvalue weighted by atomic mass is 32.2. The summed E-state index contributed by atoms with van der Waals surface area (Å²) in [6, 6.07) is 7.38. The molecule has 0 bridgehead atoms. The second-order valence-corrected chi connectivity index (χ2v) is 6.73. The van der Waals surface area contributed by atoms with E-state index in [4.69, 9.17) is 0 Å². The highest BCUT2D eigenvalue weighted by molar-refractivity contribution is 7.89. The van der Waals surface area contributed by atoms with Crippen LogP contribution in [0.3, 0.4) is 0 Å². The fourth-order valence-corrected chi connectivity index (χ4v) is 3.02. The number of nitrogens with one attached hydrogen (secondary N) is 1. The van der Waals surface area contributed by atoms with Crippen LogP contribution in [0, 0.1) is 0 Å². The van der Waals surface area contributed by atoms with Gasteiger partial charge in [-0.3, -0.25) is 0 Å². The lowest BCUT2D eigenvalue weighted by atomic mass is 10.2. The van der Waals surface area contributed by atoms with Gasteiger partial charge in [0.05, 0.1) is 4.90 Å². The minimum atomic E-state index is -3.46. The van der Waals surface area contributed by atoms with E-state index in [-0.39, 0.29) is 0 Å². The van der Waals surface area contributed by atoms with Gasteiger partial charge in [-0.2, -0.15) is 4.31 Å². The first kappa shape index (κ1) is 15.9. The molecule has 0 saturated heterocycles. The van der Waals surface area contributed by atoms with Gasteiger partial charge in [0.2, 0.25) is 10.0 Å². The maximum absolute atomic E-state index is 12.4. The van der Waals surface area contributed by atoms with Gasteiger partial charge in [-0.15, -0.1) is 6.58 Å². The first-order chi connectivity index (χ1) is 8.89. The Bertz CT molecular complexity index is 524. The van der Waals surface area contributed by atoms with E-state index in [1.165, 1.54) is 4.31 Å². The lowest BCUT2D eigenvalue weighted by Crippen LogP contribution is -2.29. The molecule has 0 saturated carbocycles. The van der Waals surface area contributed by atoms with Crippen molar-refractivity contribution in [2.24, 2.45) is 0 Å². The average molecular weight is 282 g/mol. The van der Waals surface area contributed by atoms with Gasteiger partial charge in [-0.25, -0.2) is 8.42 Å². The van der Waals surface area contributed by atoms with Crippen molar-refractivity contribution >= 4 is 10.0 Å². The van der Waals surface area contributed by atoms with E-state index in [0.717, 1.165) is 5.56 Å². The molecule has 1 rings (SSSR count). The van der Waals surface area contributed by atoms with Crippen molar-refractivity contribution < 1.29 is 8.42 Å². The average Bonchev–Trinajstić information content (AvgIpc) is 2.37. The Balaban J connectivity index is 3.08. The van der Waals surface area contributed by atoms with Gasteiger partial charge in [-0.05, 0) is 11.6 Å². The van der Waals surface area contributed by atoms with Crippen LogP contribution < -0.4 is 5.32 Å². The summed E-state index contributed by atoms with van der Waals surface area (Å²) in [5, 5.41) is 3.24. The molecule has 0 aliphatic heterocycles. The molecule has 0 atom stereocenters. The molecule has 19 heavy (non-hydrogen) atoms. The Morgan fingerprint density at radius 3 is 2.58 bits per heavy atom. The van der Waals surface area contributed by atoms with Crippen molar-refractivity contribution in [2.75, 3.05) is 13.6 Å². The SMILES string of the molecule is C=CCN(C)S(=O)(=O)c1ccccc1CNC(C)C. The molecular formula is C14H22N2O2S. The number of nitrogens with zero attached hydrogens (tertiary/aromatic N) is 1. The van der Waals surface area contributed by atoms with E-state index in [0.29, 0.717) is 24.0 Å². The molecular weight excluding hydrogens is 260 g/mol. The normalized spacial score (nSPS) is 12.1. The van der Waals surface area contributed by atoms with Crippen molar-refractivity contribution in [2.45, 2.75) is 31.3 Å². The molecule has 106 valence electrons. The predicted molar refractivity (Wildman–Crippen MR) is 78.4 cm³/mol. The van der Waals surface area contributed by atoms with Crippen molar-refractivity contribution in [1.82, 2.24) is 9.62 Å². The molecule has 0 aliphatic rings. The van der Waals surface area contributed by atoms with E-state index < -0.39 is 10.0 Å². The zero-order chi connectivity index (χ0) is 14.5. The Labute approximate surface area is 116 Å². The van der Waals surface area contributed by atoms with E-state index in [2.05, 4.69) is 11.9 Å². The minimum Gasteiger partial charge on any atom is -0.310 e. The Hall–Kier alpha value is -1.17. The molecule has 0 aromatic heterocycles. The van der Waals surface area contributed by atoms with Crippen LogP contribution in [-0.4, -0.2) is 32.4 Å². The molecule has 0 spiro atoms. The molecule has 0 heterocycles. The summed E-state index contributed by atoms with van der Waals surface area (Å²) >= 11 is 0. The summed E-state index contributed by atoms with van der Waals surface area (Å²) in [6.45, 7) is 8.47. The van der Waals surface area contributed by atoms with Crippen LogP contribution >= 0.6 is 0 Å². The highest BCUT2D eigenvalue weighted by Crippen LogP contribution is 2.19. The fraction of sp³-hybridized carbons (Fsp3) is 0.429. The van der Waals surface area contributed by atoms with E-state index in [1.807, 2.05) is 26.0 Å². The topological polar surface area (TPSA) is 49.4 Å². The Morgan fingerprint density at radius 2 is 2.00 bits per heavy atom. The van der Waals surface area contributed by atoms with Crippen molar-refractivity contribution in [3.63, 3.8) is 0 Å². The first-order valence-electron chi connectivity index (χ1n) is 6.28. The summed E-state index contributed by atoms with van der Waals surface area (Å²) in [4.78, 5) is 0.354. The smallest absolute Gasteiger partial charge is 0.243 e. The van der Waals surface area contributed by atoms with Gasteiger partial charge in [0.1, 0.15) is 0 Å². The molecule has 1 aromatic carbocycles. The lowest BCUT2D eigenvalue weighted by molar-refractivity contribution is 0.496. The maximum Gasteiger partial charge on any atom is 0.243 e. The third-order valence-corrected chi connectivity index (χ3v) is 4.67. The Kier molecular flexibility index (Phi) is 5.72. The number of sulfonamides is 1. The van der Waals surface area contributed by atoms with E-state index >= 15 is 0 Å². The van der Waals surface area contributed by atoms with Gasteiger partial charge < -0.3 is 5.32 Å². The standard InChI is InChI=1S/C14H22N2O2S/c1-5-10-16(4)19(17,18)14-9-7-6-8-13(14)11-15-12(2)3/h5-9,12,15H,1,10-11H2,2-4H3. The summed E-state index contributed by atoms with van der Waals surface area (Å²) in [5.41, 5.74) is 0.784. The molecule has 0 radical (unpaired) electrons. The fourth-order valence-electron chi connectivity index (χ4n) is 1.66. The molecule has 5 heteroatoms. The third kappa shape index (κ3) is 4.16. The summed E-state index contributed by atoms with van der Waals surface area (Å²) in [6.07, 6.45) is 1.58. The van der Waals surface area contributed by atoms with Gasteiger partial charge in [0.25, 0.3) is 0 Å². The zero-order valence-corrected chi connectivity index (χ0v) is 12.6. The third-order valence-electron chi connectivity index (χ3n) is 2.75. The molecule has 0 aliphatic carbocycles. The monoisotopic (exact) mass is 282 g/mol. The quantitative estimate of drug-likeness (QED) is 0.778. The van der Waals surface area contributed by atoms with Gasteiger partial charge >= 0.3 is 0 Å². The second kappa shape index (κ2) is 6.84. The maximum atomic E-state index is 12.4. The molecule has 0 unspecified atom stereocenters. The molecule has 1 N–H and O–H groups in total. The van der Waals surface area contributed by atoms with E-state index in [1.54, 1.807) is 25.3 Å². The highest BCUT2D eigenvalue weighted by Gasteiger charge is 2.22. The van der Waals surface area contributed by atoms with Crippen molar-refractivity contribution in [1.29, 1.82) is 0 Å². The summed E-state index contributed by atoms with van der Waals surface area (Å²) in [5.74, 6) is 0. The van der Waals surface area contributed by atoms with E-state index in [9.17, 15) is 8.42 Å². The van der Waals surface area contributed by atoms with Crippen LogP contribution in [-0.2, 0) is 16.6 Å². The van der Waals surface area contributed by atoms with Crippen molar-refractivity contribution in [3.05, 3.63) is 42.5 Å². The number of benzene rings is 1. The number of rotatable bonds is 7. The number of hydrogen-bond donors (Lipinski definition) is 1. The predicted octanol–water partition coefficient (Wildman–Crippen LogP) is 1.99. The van der Waals surface area contributed by atoms with Crippen LogP contribution in [0.1, 0.15) is 19.4 Å². The second-order valence-electron chi connectivity index (χ2n) is 4.72. The van der Waals surface area contributed by atoms with Crippen LogP contribution in [0.2, 0.25) is 0 Å². The van der Waals surface area contributed by atoms with Crippen LogP contribution in [0.15, 0.2) is 41.8 Å². The minimum absolute atomic E-state index is 0.300. The molecule has 0 fully saturated rings. The summed E-state index contributed by atoms with van der Waals surface area (Å²) in [7, 11) is -1.90. The van der Waals surface area contributed by atoms with Crippen LogP contribution in [0.5, 0.6) is 0 Å². The van der Waals surface area contributed by atoms with Gasteiger partial charge in [-0.1, -0.05) is 38.1 Å². The lowest BCUT2D eigenvalue weighted by Gasteiger charge is -2.18. The molecule has 4 nitrogen and oxygen atoms in total. The number of hydrogen-bond acceptors (Lipinski definition) is 3. The van der Waals surface area contributed by atoms with Crippen molar-refractivity contribution in [3.8, 4) is 0 Å². The number of likely N-dealkylation sites (N-methyl/N-ethyl adjacent to an activating group) is 1. The van der Waals surface area contributed by atoms with Gasteiger partial charge in [0.15, 0.2) is 0 Å².